The summed E-state index contributed by atoms with van der Waals surface area (Å²) in [6.45, 7) is 4.93. The smallest absolute Gasteiger partial charge is 0.248 e. The molecule has 0 saturated carbocycles. The number of nitrogens with zero attached hydrogens (tertiary/aromatic N) is 1. The SMILES string of the molecule is C/C(=C/C(=O)Nc1ccccc1N1CCOCC1)c1ccccc1Cl. The number of anilines is 2. The first-order valence-corrected chi connectivity index (χ1v) is 8.69. The summed E-state index contributed by atoms with van der Waals surface area (Å²) in [4.78, 5) is 14.7. The largest absolute Gasteiger partial charge is 0.378 e. The zero-order valence-electron chi connectivity index (χ0n) is 14.2. The van der Waals surface area contributed by atoms with Crippen molar-refractivity contribution >= 4 is 34.5 Å². The average molecular weight is 357 g/mol. The van der Waals surface area contributed by atoms with Gasteiger partial charge < -0.3 is 15.0 Å². The molecule has 0 aromatic heterocycles. The van der Waals surface area contributed by atoms with Crippen LogP contribution in [0.2, 0.25) is 5.02 Å². The van der Waals surface area contributed by atoms with Gasteiger partial charge >= 0.3 is 0 Å². The molecule has 1 aliphatic rings. The maximum atomic E-state index is 12.5. The van der Waals surface area contributed by atoms with Crippen molar-refractivity contribution in [1.82, 2.24) is 0 Å². The van der Waals surface area contributed by atoms with E-state index in [0.29, 0.717) is 18.2 Å². The molecule has 1 fully saturated rings. The molecule has 3 rings (SSSR count). The number of rotatable bonds is 4. The van der Waals surface area contributed by atoms with E-state index in [-0.39, 0.29) is 5.91 Å². The molecule has 0 radical (unpaired) electrons. The van der Waals surface area contributed by atoms with Crippen LogP contribution in [0.15, 0.2) is 54.6 Å². The summed E-state index contributed by atoms with van der Waals surface area (Å²) >= 11 is 6.20. The summed E-state index contributed by atoms with van der Waals surface area (Å²) in [6.07, 6.45) is 1.58. The average Bonchev–Trinajstić information content (AvgIpc) is 2.63. The number of morpholine rings is 1. The number of carbonyl (C=O) groups is 1. The Labute approximate surface area is 153 Å². The molecular weight excluding hydrogens is 336 g/mol. The van der Waals surface area contributed by atoms with Gasteiger partial charge in [0.25, 0.3) is 0 Å². The van der Waals surface area contributed by atoms with Gasteiger partial charge in [-0.25, -0.2) is 0 Å². The molecule has 1 N–H and O–H groups in total. The topological polar surface area (TPSA) is 41.6 Å². The third-order valence-corrected chi connectivity index (χ3v) is 4.49. The lowest BCUT2D eigenvalue weighted by Gasteiger charge is -2.30. The fraction of sp³-hybridized carbons (Fsp3) is 0.250. The van der Waals surface area contributed by atoms with Crippen LogP contribution in [-0.4, -0.2) is 32.2 Å². The molecule has 2 aromatic rings. The second kappa shape index (κ2) is 8.19. The van der Waals surface area contributed by atoms with E-state index in [2.05, 4.69) is 10.2 Å². The van der Waals surface area contributed by atoms with Gasteiger partial charge in [-0.3, -0.25) is 4.79 Å². The van der Waals surface area contributed by atoms with Gasteiger partial charge in [-0.1, -0.05) is 41.9 Å². The van der Waals surface area contributed by atoms with Crippen LogP contribution in [0, 0.1) is 0 Å². The minimum atomic E-state index is -0.168. The predicted octanol–water partition coefficient (Wildman–Crippen LogP) is 4.22. The number of amides is 1. The fourth-order valence-corrected chi connectivity index (χ4v) is 3.17. The fourth-order valence-electron chi connectivity index (χ4n) is 2.88. The van der Waals surface area contributed by atoms with E-state index in [1.165, 1.54) is 0 Å². The molecule has 1 heterocycles. The Kier molecular flexibility index (Phi) is 5.74. The second-order valence-electron chi connectivity index (χ2n) is 5.91. The highest BCUT2D eigenvalue weighted by Gasteiger charge is 2.15. The highest BCUT2D eigenvalue weighted by Crippen LogP contribution is 2.27. The number of hydrogen-bond donors (Lipinski definition) is 1. The normalized spacial score (nSPS) is 15.1. The van der Waals surface area contributed by atoms with Crippen LogP contribution in [-0.2, 0) is 9.53 Å². The Morgan fingerprint density at radius 1 is 1.12 bits per heavy atom. The third kappa shape index (κ3) is 4.41. The summed E-state index contributed by atoms with van der Waals surface area (Å²) in [7, 11) is 0. The Balaban J connectivity index is 1.77. The van der Waals surface area contributed by atoms with E-state index in [9.17, 15) is 4.79 Å². The summed E-state index contributed by atoms with van der Waals surface area (Å²) in [5, 5.41) is 3.62. The van der Waals surface area contributed by atoms with E-state index in [1.54, 1.807) is 6.08 Å². The molecule has 1 amide bonds. The minimum absolute atomic E-state index is 0.168. The van der Waals surface area contributed by atoms with Crippen molar-refractivity contribution in [3.05, 3.63) is 65.2 Å². The van der Waals surface area contributed by atoms with Crippen LogP contribution in [0.3, 0.4) is 0 Å². The first-order chi connectivity index (χ1) is 12.1. The van der Waals surface area contributed by atoms with Crippen molar-refractivity contribution in [2.45, 2.75) is 6.92 Å². The molecule has 1 saturated heterocycles. The number of para-hydroxylation sites is 2. The zero-order valence-corrected chi connectivity index (χ0v) is 14.9. The number of halogens is 1. The van der Waals surface area contributed by atoms with E-state index in [0.717, 1.165) is 35.6 Å². The molecule has 0 aliphatic carbocycles. The van der Waals surface area contributed by atoms with Crippen LogP contribution in [0.5, 0.6) is 0 Å². The van der Waals surface area contributed by atoms with Crippen LogP contribution in [0.1, 0.15) is 12.5 Å². The van der Waals surface area contributed by atoms with Crippen molar-refractivity contribution < 1.29 is 9.53 Å². The number of ether oxygens (including phenoxy) is 1. The van der Waals surface area contributed by atoms with Crippen molar-refractivity contribution in [2.24, 2.45) is 0 Å². The van der Waals surface area contributed by atoms with Crippen molar-refractivity contribution in [1.29, 1.82) is 0 Å². The quantitative estimate of drug-likeness (QED) is 0.834. The monoisotopic (exact) mass is 356 g/mol. The van der Waals surface area contributed by atoms with Crippen molar-refractivity contribution in [3.63, 3.8) is 0 Å². The second-order valence-corrected chi connectivity index (χ2v) is 6.32. The van der Waals surface area contributed by atoms with Gasteiger partial charge in [0.05, 0.1) is 24.6 Å². The van der Waals surface area contributed by atoms with Gasteiger partial charge in [-0.15, -0.1) is 0 Å². The Hall–Kier alpha value is -2.30. The van der Waals surface area contributed by atoms with Crippen LogP contribution in [0.4, 0.5) is 11.4 Å². The van der Waals surface area contributed by atoms with Gasteiger partial charge in [0.1, 0.15) is 0 Å². The molecule has 25 heavy (non-hydrogen) atoms. The first kappa shape index (κ1) is 17.5. The lowest BCUT2D eigenvalue weighted by Crippen LogP contribution is -2.36. The van der Waals surface area contributed by atoms with Crippen molar-refractivity contribution in [3.8, 4) is 0 Å². The van der Waals surface area contributed by atoms with Gasteiger partial charge in [-0.05, 0) is 36.3 Å². The predicted molar refractivity (Wildman–Crippen MR) is 103 cm³/mol. The number of carbonyl (C=O) groups excluding carboxylic acids is 1. The standard InChI is InChI=1S/C20H21ClN2O2/c1-15(16-6-2-3-7-17(16)21)14-20(24)22-18-8-4-5-9-19(18)23-10-12-25-13-11-23/h2-9,14H,10-13H2,1H3,(H,22,24)/b15-14-. The number of nitrogens with one attached hydrogen (secondary N) is 1. The lowest BCUT2D eigenvalue weighted by atomic mass is 10.1. The lowest BCUT2D eigenvalue weighted by molar-refractivity contribution is -0.111. The third-order valence-electron chi connectivity index (χ3n) is 4.16. The van der Waals surface area contributed by atoms with Crippen molar-refractivity contribution in [2.75, 3.05) is 36.5 Å². The maximum Gasteiger partial charge on any atom is 0.248 e. The molecule has 0 unspecified atom stereocenters. The Morgan fingerprint density at radius 3 is 2.56 bits per heavy atom. The summed E-state index contributed by atoms with van der Waals surface area (Å²) in [6, 6.07) is 15.3. The van der Waals surface area contributed by atoms with Crippen LogP contribution in [0.25, 0.3) is 5.57 Å². The Morgan fingerprint density at radius 2 is 1.80 bits per heavy atom. The van der Waals surface area contributed by atoms with Crippen LogP contribution < -0.4 is 10.2 Å². The highest BCUT2D eigenvalue weighted by molar-refractivity contribution is 6.32. The minimum Gasteiger partial charge on any atom is -0.378 e. The van der Waals surface area contributed by atoms with E-state index < -0.39 is 0 Å². The summed E-state index contributed by atoms with van der Waals surface area (Å²) in [5.41, 5.74) is 3.51. The van der Waals surface area contributed by atoms with E-state index >= 15 is 0 Å². The van der Waals surface area contributed by atoms with E-state index in [4.69, 9.17) is 16.3 Å². The van der Waals surface area contributed by atoms with Gasteiger partial charge in [0.2, 0.25) is 5.91 Å². The zero-order chi connectivity index (χ0) is 17.6. The molecule has 0 spiro atoms. The maximum absolute atomic E-state index is 12.5. The highest BCUT2D eigenvalue weighted by atomic mass is 35.5. The molecule has 4 nitrogen and oxygen atoms in total. The number of benzene rings is 2. The number of hydrogen-bond acceptors (Lipinski definition) is 3. The molecular formula is C20H21ClN2O2. The molecule has 5 heteroatoms. The molecule has 0 atom stereocenters. The molecule has 0 bridgehead atoms. The Bertz CT molecular complexity index is 783. The van der Waals surface area contributed by atoms with Crippen LogP contribution >= 0.6 is 11.6 Å². The van der Waals surface area contributed by atoms with Gasteiger partial charge in [0.15, 0.2) is 0 Å². The van der Waals surface area contributed by atoms with E-state index in [1.807, 2.05) is 55.5 Å². The van der Waals surface area contributed by atoms with Gasteiger partial charge in [0, 0.05) is 24.2 Å². The van der Waals surface area contributed by atoms with Gasteiger partial charge in [-0.2, -0.15) is 0 Å². The molecule has 1 aliphatic heterocycles. The first-order valence-electron chi connectivity index (χ1n) is 8.31. The molecule has 130 valence electrons. The number of allylic oxidation sites excluding steroid dienone is 1. The summed E-state index contributed by atoms with van der Waals surface area (Å²) in [5.74, 6) is -0.168. The summed E-state index contributed by atoms with van der Waals surface area (Å²) < 4.78 is 5.40. The molecule has 2 aromatic carbocycles.